The third kappa shape index (κ3) is 6.23. The summed E-state index contributed by atoms with van der Waals surface area (Å²) in [6.45, 7) is 0. The van der Waals surface area contributed by atoms with Crippen LogP contribution in [-0.2, 0) is 9.59 Å². The van der Waals surface area contributed by atoms with Crippen molar-refractivity contribution in [1.82, 2.24) is 0 Å². The van der Waals surface area contributed by atoms with Gasteiger partial charge >= 0.3 is 0 Å². The maximum absolute atomic E-state index is 10.6. The molecule has 0 spiro atoms. The van der Waals surface area contributed by atoms with Crippen LogP contribution in [0.4, 0.5) is 0 Å². The molecule has 0 aromatic heterocycles. The van der Waals surface area contributed by atoms with Crippen LogP contribution in [0.15, 0.2) is 0 Å². The molecule has 0 aromatic carbocycles. The van der Waals surface area contributed by atoms with Crippen LogP contribution in [0.3, 0.4) is 0 Å². The Bertz CT molecular complexity index is 123. The minimum absolute atomic E-state index is 0.0452. The Labute approximate surface area is 94.3 Å². The average Bonchev–Trinajstić information content (AvgIpc) is 1.99. The van der Waals surface area contributed by atoms with Gasteiger partial charge in [0.25, 0.3) is 0 Å². The van der Waals surface area contributed by atoms with Crippen LogP contribution in [0, 0.1) is 0 Å². The quantitative estimate of drug-likeness (QED) is 0.404. The number of halogens is 2. The minimum Gasteiger partial charge on any atom is -0.285 e. The molecule has 0 rings (SSSR count). The smallest absolute Gasteiger partial charge is 0.209 e. The van der Waals surface area contributed by atoms with Gasteiger partial charge in [0, 0.05) is 0 Å². The lowest BCUT2D eigenvalue weighted by molar-refractivity contribution is -0.109. The van der Waals surface area contributed by atoms with Gasteiger partial charge in [-0.3, -0.25) is 9.59 Å². The summed E-state index contributed by atoms with van der Waals surface area (Å²) >= 11 is 3.95. The second kappa shape index (κ2) is 7.17. The zero-order valence-electron chi connectivity index (χ0n) is 4.80. The van der Waals surface area contributed by atoms with Crippen molar-refractivity contribution in [3.05, 3.63) is 0 Å². The molecule has 0 unspecified atom stereocenters. The SMILES string of the molecule is O=C(CI)SSC(=O)CI. The van der Waals surface area contributed by atoms with Crippen molar-refractivity contribution in [3.8, 4) is 0 Å². The Balaban J connectivity index is 3.35. The summed E-state index contributed by atoms with van der Waals surface area (Å²) in [7, 11) is 2.05. The maximum atomic E-state index is 10.6. The highest BCUT2D eigenvalue weighted by atomic mass is 127. The number of carbonyl (C=O) groups excluding carboxylic acids is 2. The molecule has 58 valence electrons. The summed E-state index contributed by atoms with van der Waals surface area (Å²) in [6, 6.07) is 0. The van der Waals surface area contributed by atoms with Gasteiger partial charge in [-0.25, -0.2) is 0 Å². The van der Waals surface area contributed by atoms with Crippen molar-refractivity contribution >= 4 is 77.0 Å². The molecular formula is C4H4I2O2S2. The third-order valence-electron chi connectivity index (χ3n) is 0.446. The largest absolute Gasteiger partial charge is 0.285 e. The molecule has 0 saturated heterocycles. The normalized spacial score (nSPS) is 9.40. The Kier molecular flexibility index (Phi) is 8.24. The van der Waals surface area contributed by atoms with Crippen molar-refractivity contribution in [3.63, 3.8) is 0 Å². The maximum Gasteiger partial charge on any atom is 0.209 e. The Morgan fingerprint density at radius 3 is 1.50 bits per heavy atom. The minimum atomic E-state index is 0.0452. The summed E-state index contributed by atoms with van der Waals surface area (Å²) in [5.74, 6) is 0. The van der Waals surface area contributed by atoms with Crippen LogP contribution in [-0.4, -0.2) is 19.1 Å². The first-order valence-electron chi connectivity index (χ1n) is 2.22. The lowest BCUT2D eigenvalue weighted by atomic mass is 10.9. The van der Waals surface area contributed by atoms with E-state index >= 15 is 0 Å². The molecule has 10 heavy (non-hydrogen) atoms. The number of rotatable bonds is 2. The topological polar surface area (TPSA) is 34.1 Å². The summed E-state index contributed by atoms with van der Waals surface area (Å²) < 4.78 is 0.925. The highest BCUT2D eigenvalue weighted by Gasteiger charge is 2.05. The highest BCUT2D eigenvalue weighted by Crippen LogP contribution is 2.24. The zero-order chi connectivity index (χ0) is 7.98. The van der Waals surface area contributed by atoms with E-state index in [-0.39, 0.29) is 10.2 Å². The predicted octanol–water partition coefficient (Wildman–Crippen LogP) is 2.29. The Morgan fingerprint density at radius 2 is 1.30 bits per heavy atom. The van der Waals surface area contributed by atoms with E-state index in [0.29, 0.717) is 8.86 Å². The molecule has 6 heteroatoms. The van der Waals surface area contributed by atoms with Gasteiger partial charge in [0.05, 0.1) is 8.86 Å². The first-order valence-corrected chi connectivity index (χ1v) is 7.43. The lowest BCUT2D eigenvalue weighted by Gasteiger charge is -1.91. The molecule has 0 radical (unpaired) electrons. The van der Waals surface area contributed by atoms with E-state index in [4.69, 9.17) is 0 Å². The molecule has 0 amide bonds. The van der Waals surface area contributed by atoms with E-state index in [1.807, 2.05) is 45.2 Å². The van der Waals surface area contributed by atoms with Crippen molar-refractivity contribution in [2.45, 2.75) is 0 Å². The summed E-state index contributed by atoms with van der Waals surface area (Å²) in [5, 5.41) is 0.0904. The number of hydrogen-bond acceptors (Lipinski definition) is 4. The van der Waals surface area contributed by atoms with Crippen molar-refractivity contribution in [2.24, 2.45) is 0 Å². The van der Waals surface area contributed by atoms with Gasteiger partial charge in [0.2, 0.25) is 10.2 Å². The molecule has 0 aromatic rings. The van der Waals surface area contributed by atoms with Crippen LogP contribution >= 0.6 is 66.8 Å². The molecule has 0 N–H and O–H groups in total. The van der Waals surface area contributed by atoms with Crippen molar-refractivity contribution in [1.29, 1.82) is 0 Å². The molecule has 0 bridgehead atoms. The fraction of sp³-hybridized carbons (Fsp3) is 0.500. The Hall–Kier alpha value is 1.50. The van der Waals surface area contributed by atoms with Crippen molar-refractivity contribution < 1.29 is 9.59 Å². The van der Waals surface area contributed by atoms with Gasteiger partial charge in [-0.2, -0.15) is 0 Å². The molecule has 0 fully saturated rings. The van der Waals surface area contributed by atoms with Gasteiger partial charge in [0.15, 0.2) is 0 Å². The molecule has 0 heterocycles. The van der Waals surface area contributed by atoms with Crippen molar-refractivity contribution in [2.75, 3.05) is 8.86 Å². The summed E-state index contributed by atoms with van der Waals surface area (Å²) in [6.07, 6.45) is 0. The van der Waals surface area contributed by atoms with E-state index < -0.39 is 0 Å². The van der Waals surface area contributed by atoms with E-state index in [9.17, 15) is 9.59 Å². The van der Waals surface area contributed by atoms with E-state index in [1.165, 1.54) is 0 Å². The van der Waals surface area contributed by atoms with Crippen LogP contribution in [0.5, 0.6) is 0 Å². The second-order valence-corrected chi connectivity index (χ2v) is 4.95. The van der Waals surface area contributed by atoms with E-state index in [1.54, 1.807) is 0 Å². The van der Waals surface area contributed by atoms with Crippen LogP contribution in [0.2, 0.25) is 0 Å². The zero-order valence-corrected chi connectivity index (χ0v) is 10.8. The molecule has 0 atom stereocenters. The van der Waals surface area contributed by atoms with Crippen LogP contribution in [0.1, 0.15) is 0 Å². The van der Waals surface area contributed by atoms with Crippen LogP contribution in [0.25, 0.3) is 0 Å². The highest BCUT2D eigenvalue weighted by molar-refractivity contribution is 14.1. The van der Waals surface area contributed by atoms with Gasteiger partial charge in [-0.15, -0.1) is 0 Å². The standard InChI is InChI=1S/C4H4I2O2S2/c5-1-3(7)9-10-4(8)2-6/h1-2H2. The molecule has 0 aliphatic heterocycles. The first-order chi connectivity index (χ1) is 4.70. The van der Waals surface area contributed by atoms with E-state index in [2.05, 4.69) is 0 Å². The number of hydrogen-bond donors (Lipinski definition) is 0. The summed E-state index contributed by atoms with van der Waals surface area (Å²) in [4.78, 5) is 21.2. The Morgan fingerprint density at radius 1 is 1.00 bits per heavy atom. The fourth-order valence-electron chi connectivity index (χ4n) is 0.137. The summed E-state index contributed by atoms with van der Waals surface area (Å²) in [5.41, 5.74) is 0. The lowest BCUT2D eigenvalue weighted by Crippen LogP contribution is -1.93. The number of carbonyl (C=O) groups is 2. The van der Waals surface area contributed by atoms with Gasteiger partial charge in [-0.05, 0) is 21.6 Å². The third-order valence-corrected chi connectivity index (χ3v) is 4.98. The molecule has 0 saturated carbocycles. The average molecular weight is 402 g/mol. The van der Waals surface area contributed by atoms with Crippen LogP contribution < -0.4 is 0 Å². The van der Waals surface area contributed by atoms with Gasteiger partial charge in [-0.1, -0.05) is 45.2 Å². The predicted molar refractivity (Wildman–Crippen MR) is 63.0 cm³/mol. The number of alkyl halides is 2. The second-order valence-electron chi connectivity index (χ2n) is 1.18. The monoisotopic (exact) mass is 402 g/mol. The molecular weight excluding hydrogens is 398 g/mol. The first kappa shape index (κ1) is 11.5. The fourth-order valence-corrected chi connectivity index (χ4v) is 3.53. The molecule has 0 aliphatic rings. The van der Waals surface area contributed by atoms with Gasteiger partial charge < -0.3 is 0 Å². The van der Waals surface area contributed by atoms with E-state index in [0.717, 1.165) is 21.6 Å². The molecule has 2 nitrogen and oxygen atoms in total. The van der Waals surface area contributed by atoms with Gasteiger partial charge in [0.1, 0.15) is 0 Å². The molecule has 0 aliphatic carbocycles.